The summed E-state index contributed by atoms with van der Waals surface area (Å²) in [6.07, 6.45) is 15.9. The number of rotatable bonds is 4. The van der Waals surface area contributed by atoms with E-state index in [1.807, 2.05) is 31.2 Å². The molecule has 0 aromatic heterocycles. The lowest BCUT2D eigenvalue weighted by atomic mass is 9.57. The van der Waals surface area contributed by atoms with Crippen LogP contribution < -0.4 is 0 Å². The van der Waals surface area contributed by atoms with Crippen molar-refractivity contribution in [3.63, 3.8) is 0 Å². The van der Waals surface area contributed by atoms with Crippen LogP contribution in [0.5, 0.6) is 5.75 Å². The minimum Gasteiger partial charge on any atom is -0.508 e. The number of hydrogen-bond acceptors (Lipinski definition) is 2. The molecule has 2 nitrogen and oxygen atoms in total. The van der Waals surface area contributed by atoms with Gasteiger partial charge in [0.2, 0.25) is 0 Å². The number of fused-ring (bicyclic) bond motifs is 4. The van der Waals surface area contributed by atoms with Gasteiger partial charge in [-0.25, -0.2) is 0 Å². The van der Waals surface area contributed by atoms with Gasteiger partial charge in [-0.15, -0.1) is 0 Å². The van der Waals surface area contributed by atoms with Crippen LogP contribution in [0.4, 0.5) is 0 Å². The molecule has 1 aromatic carbocycles. The van der Waals surface area contributed by atoms with Crippen LogP contribution in [-0.4, -0.2) is 11.2 Å². The van der Waals surface area contributed by atoms with Gasteiger partial charge in [-0.05, 0) is 104 Å². The zero-order valence-electron chi connectivity index (χ0n) is 16.2. The summed E-state index contributed by atoms with van der Waals surface area (Å²) in [4.78, 5) is 0. The second-order valence-electron chi connectivity index (χ2n) is 9.08. The van der Waals surface area contributed by atoms with Gasteiger partial charge in [0.1, 0.15) is 17.6 Å². The van der Waals surface area contributed by atoms with E-state index in [1.54, 1.807) is 6.08 Å². The minimum absolute atomic E-state index is 0.235. The molecular formula is C25H30O2. The fourth-order valence-corrected chi connectivity index (χ4v) is 6.90. The number of aryl methyl sites for hydroxylation is 1. The molecule has 0 saturated heterocycles. The lowest BCUT2D eigenvalue weighted by molar-refractivity contribution is -0.0259. The maximum absolute atomic E-state index is 9.97. The number of phenolic OH excluding ortho intramolecular Hbond substituents is 1. The summed E-state index contributed by atoms with van der Waals surface area (Å²) >= 11 is 0. The van der Waals surface area contributed by atoms with Crippen molar-refractivity contribution in [1.82, 2.24) is 0 Å². The first-order valence-corrected chi connectivity index (χ1v) is 10.6. The van der Waals surface area contributed by atoms with Crippen molar-refractivity contribution in [2.45, 2.75) is 57.5 Å². The molecule has 3 fully saturated rings. The second kappa shape index (κ2) is 6.29. The normalized spacial score (nSPS) is 39.3. The molecule has 5 rings (SSSR count). The van der Waals surface area contributed by atoms with E-state index in [-0.39, 0.29) is 6.10 Å². The van der Waals surface area contributed by atoms with Gasteiger partial charge in [-0.2, -0.15) is 0 Å². The topological polar surface area (TPSA) is 29.5 Å². The molecule has 4 aliphatic carbocycles. The second-order valence-corrected chi connectivity index (χ2v) is 9.08. The maximum atomic E-state index is 9.97. The predicted octanol–water partition coefficient (Wildman–Crippen LogP) is 5.89. The Kier molecular flexibility index (Phi) is 4.00. The Morgan fingerprint density at radius 3 is 2.93 bits per heavy atom. The fraction of sp³-hybridized carbons (Fsp3) is 0.520. The lowest BCUT2D eigenvalue weighted by Gasteiger charge is -2.49. The van der Waals surface area contributed by atoms with E-state index in [4.69, 9.17) is 4.74 Å². The molecule has 0 aliphatic heterocycles. The molecule has 1 spiro atoms. The van der Waals surface area contributed by atoms with E-state index in [9.17, 15) is 5.11 Å². The van der Waals surface area contributed by atoms with Gasteiger partial charge >= 0.3 is 0 Å². The van der Waals surface area contributed by atoms with Crippen molar-refractivity contribution in [3.8, 4) is 5.75 Å². The number of phenols is 1. The summed E-state index contributed by atoms with van der Waals surface area (Å²) in [6, 6.07) is 6.02. The first kappa shape index (κ1) is 17.2. The van der Waals surface area contributed by atoms with Gasteiger partial charge in [0.15, 0.2) is 0 Å². The molecule has 3 saturated carbocycles. The van der Waals surface area contributed by atoms with E-state index in [0.717, 1.165) is 29.9 Å². The van der Waals surface area contributed by atoms with Gasteiger partial charge in [0.25, 0.3) is 0 Å². The van der Waals surface area contributed by atoms with Crippen LogP contribution in [0.1, 0.15) is 56.1 Å². The highest BCUT2D eigenvalue weighted by Crippen LogP contribution is 2.75. The van der Waals surface area contributed by atoms with Crippen LogP contribution in [0, 0.1) is 23.2 Å². The molecule has 1 aromatic rings. The Balaban J connectivity index is 1.53. The zero-order valence-corrected chi connectivity index (χ0v) is 16.2. The molecule has 0 amide bonds. The molecule has 2 heteroatoms. The predicted molar refractivity (Wildman–Crippen MR) is 109 cm³/mol. The molecule has 27 heavy (non-hydrogen) atoms. The quantitative estimate of drug-likeness (QED) is 0.534. The van der Waals surface area contributed by atoms with E-state index in [0.29, 0.717) is 17.1 Å². The third-order valence-electron chi connectivity index (χ3n) is 8.01. The van der Waals surface area contributed by atoms with Crippen LogP contribution in [0.25, 0.3) is 0 Å². The Labute approximate surface area is 162 Å². The van der Waals surface area contributed by atoms with E-state index in [1.165, 1.54) is 43.2 Å². The number of benzene rings is 1. The summed E-state index contributed by atoms with van der Waals surface area (Å²) in [7, 11) is 0. The number of allylic oxidation sites excluding steroid dienone is 4. The van der Waals surface area contributed by atoms with E-state index < -0.39 is 0 Å². The Morgan fingerprint density at radius 2 is 2.15 bits per heavy atom. The number of ether oxygens (including phenoxy) is 1. The number of hydrogen-bond donors (Lipinski definition) is 1. The van der Waals surface area contributed by atoms with Crippen molar-refractivity contribution in [2.75, 3.05) is 0 Å². The van der Waals surface area contributed by atoms with Crippen LogP contribution in [0.15, 0.2) is 54.8 Å². The Hall–Kier alpha value is -1.96. The van der Waals surface area contributed by atoms with Crippen molar-refractivity contribution in [1.29, 1.82) is 0 Å². The molecule has 1 N–H and O–H groups in total. The zero-order chi connectivity index (χ0) is 18.6. The van der Waals surface area contributed by atoms with Crippen molar-refractivity contribution in [3.05, 3.63) is 66.0 Å². The minimum atomic E-state index is 0.235. The van der Waals surface area contributed by atoms with Crippen molar-refractivity contribution >= 4 is 0 Å². The van der Waals surface area contributed by atoms with Gasteiger partial charge in [0.05, 0.1) is 0 Å². The highest BCUT2D eigenvalue weighted by atomic mass is 16.5. The van der Waals surface area contributed by atoms with Gasteiger partial charge < -0.3 is 9.84 Å². The standard InChI is InChI=1S/C25H30O2/c1-3-5-6-19(4-2)27-23-15-25-14-17(25)8-12-22(25)21-10-7-16-13-18(26)9-11-20(16)24(21)23/h3-6,9,11,13,17,21-24,26H,1,7-8,10,12,14-15H2,2H3/b6-5-,19-4+/t17-,21+,22?,23+,24-,25-/m1/s1. The average molecular weight is 363 g/mol. The van der Waals surface area contributed by atoms with Crippen LogP contribution in [-0.2, 0) is 11.2 Å². The number of aromatic hydroxyl groups is 1. The van der Waals surface area contributed by atoms with Crippen molar-refractivity contribution in [2.24, 2.45) is 23.2 Å². The summed E-state index contributed by atoms with van der Waals surface area (Å²) in [5.74, 6) is 4.37. The molecular weight excluding hydrogens is 332 g/mol. The largest absolute Gasteiger partial charge is 0.508 e. The molecule has 0 radical (unpaired) electrons. The first-order valence-electron chi connectivity index (χ1n) is 10.6. The highest BCUT2D eigenvalue weighted by Gasteiger charge is 2.68. The van der Waals surface area contributed by atoms with Crippen LogP contribution in [0.3, 0.4) is 0 Å². The molecule has 4 aliphatic rings. The van der Waals surface area contributed by atoms with Crippen LogP contribution in [0.2, 0.25) is 0 Å². The smallest absolute Gasteiger partial charge is 0.115 e. The SMILES string of the molecule is C=C/C=C\C(=C/C)O[C@H]1C[C@]23C[C@H]2CCC3[C@@H]2CCc3cc(O)ccc3[C@@H]12. The first-order chi connectivity index (χ1) is 13.2. The summed E-state index contributed by atoms with van der Waals surface area (Å²) in [5.41, 5.74) is 3.33. The summed E-state index contributed by atoms with van der Waals surface area (Å²) in [6.45, 7) is 5.83. The van der Waals surface area contributed by atoms with Crippen LogP contribution >= 0.6 is 0 Å². The van der Waals surface area contributed by atoms with E-state index in [2.05, 4.69) is 18.7 Å². The fourth-order valence-electron chi connectivity index (χ4n) is 6.90. The van der Waals surface area contributed by atoms with Gasteiger partial charge in [-0.1, -0.05) is 24.8 Å². The third kappa shape index (κ3) is 2.60. The Morgan fingerprint density at radius 1 is 1.26 bits per heavy atom. The monoisotopic (exact) mass is 362 g/mol. The van der Waals surface area contributed by atoms with Crippen molar-refractivity contribution < 1.29 is 9.84 Å². The van der Waals surface area contributed by atoms with Gasteiger partial charge in [0, 0.05) is 5.92 Å². The molecule has 0 heterocycles. The maximum Gasteiger partial charge on any atom is 0.115 e. The highest BCUT2D eigenvalue weighted by molar-refractivity contribution is 5.41. The molecule has 6 atom stereocenters. The average Bonchev–Trinajstić information content (AvgIpc) is 3.25. The third-order valence-corrected chi connectivity index (χ3v) is 8.01. The van der Waals surface area contributed by atoms with Gasteiger partial charge in [-0.3, -0.25) is 0 Å². The molecule has 142 valence electrons. The molecule has 0 bridgehead atoms. The van der Waals surface area contributed by atoms with E-state index >= 15 is 0 Å². The molecule has 1 unspecified atom stereocenters. The summed E-state index contributed by atoms with van der Waals surface area (Å²) < 4.78 is 6.66. The Bertz CT molecular complexity index is 820. The summed E-state index contributed by atoms with van der Waals surface area (Å²) in [5, 5.41) is 9.97. The lowest BCUT2D eigenvalue weighted by Crippen LogP contribution is -2.45.